The van der Waals surface area contributed by atoms with E-state index in [9.17, 15) is 0 Å². The molecule has 1 atom stereocenters. The predicted molar refractivity (Wildman–Crippen MR) is 74.3 cm³/mol. The molecule has 0 fully saturated rings. The predicted octanol–water partition coefficient (Wildman–Crippen LogP) is 2.97. The smallest absolute Gasteiger partial charge is 0.0518 e. The average molecular weight is 243 g/mol. The second-order valence-corrected chi connectivity index (χ2v) is 4.70. The fourth-order valence-electron chi connectivity index (χ4n) is 2.10. The first-order chi connectivity index (χ1) is 8.70. The standard InChI is InChI=1S/C15H21N3/c1-4-15(13-7-5-12(2)6-8-13)16-11-14-9-10-17-18(14)3/h5-10,15-16H,4,11H2,1-3H3. The topological polar surface area (TPSA) is 29.9 Å². The summed E-state index contributed by atoms with van der Waals surface area (Å²) in [5.41, 5.74) is 3.87. The van der Waals surface area contributed by atoms with Crippen LogP contribution in [0.5, 0.6) is 0 Å². The lowest BCUT2D eigenvalue weighted by atomic mass is 10.0. The van der Waals surface area contributed by atoms with Gasteiger partial charge in [-0.3, -0.25) is 4.68 Å². The van der Waals surface area contributed by atoms with E-state index in [-0.39, 0.29) is 0 Å². The third kappa shape index (κ3) is 2.99. The van der Waals surface area contributed by atoms with Crippen LogP contribution in [0.1, 0.15) is 36.2 Å². The van der Waals surface area contributed by atoms with E-state index in [0.29, 0.717) is 6.04 Å². The quantitative estimate of drug-likeness (QED) is 0.875. The number of hydrogen-bond donors (Lipinski definition) is 1. The van der Waals surface area contributed by atoms with Gasteiger partial charge in [0, 0.05) is 25.8 Å². The van der Waals surface area contributed by atoms with Crippen LogP contribution in [0.3, 0.4) is 0 Å². The average Bonchev–Trinajstić information content (AvgIpc) is 2.78. The first-order valence-corrected chi connectivity index (χ1v) is 6.47. The maximum atomic E-state index is 4.18. The Balaban J connectivity index is 2.01. The van der Waals surface area contributed by atoms with Crippen LogP contribution in [0.25, 0.3) is 0 Å². The van der Waals surface area contributed by atoms with Gasteiger partial charge in [0.2, 0.25) is 0 Å². The van der Waals surface area contributed by atoms with E-state index >= 15 is 0 Å². The van der Waals surface area contributed by atoms with Crippen molar-refractivity contribution in [3.05, 3.63) is 53.3 Å². The summed E-state index contributed by atoms with van der Waals surface area (Å²) in [6, 6.07) is 11.2. The number of aromatic nitrogens is 2. The molecule has 0 spiro atoms. The molecule has 96 valence electrons. The number of aryl methyl sites for hydroxylation is 2. The molecule has 0 bridgehead atoms. The van der Waals surface area contributed by atoms with Crippen LogP contribution in [0.4, 0.5) is 0 Å². The Morgan fingerprint density at radius 2 is 1.94 bits per heavy atom. The van der Waals surface area contributed by atoms with Crippen molar-refractivity contribution in [2.24, 2.45) is 7.05 Å². The lowest BCUT2D eigenvalue weighted by molar-refractivity contribution is 0.503. The zero-order valence-corrected chi connectivity index (χ0v) is 11.4. The number of hydrogen-bond acceptors (Lipinski definition) is 2. The maximum Gasteiger partial charge on any atom is 0.0518 e. The molecular formula is C15H21N3. The molecule has 1 unspecified atom stereocenters. The lowest BCUT2D eigenvalue weighted by Gasteiger charge is -2.17. The lowest BCUT2D eigenvalue weighted by Crippen LogP contribution is -2.21. The molecule has 0 aliphatic carbocycles. The molecule has 3 heteroatoms. The van der Waals surface area contributed by atoms with Gasteiger partial charge in [-0.1, -0.05) is 36.8 Å². The molecule has 3 nitrogen and oxygen atoms in total. The highest BCUT2D eigenvalue weighted by molar-refractivity contribution is 5.24. The van der Waals surface area contributed by atoms with Crippen LogP contribution in [-0.4, -0.2) is 9.78 Å². The van der Waals surface area contributed by atoms with Crippen molar-refractivity contribution in [2.75, 3.05) is 0 Å². The van der Waals surface area contributed by atoms with Gasteiger partial charge in [0.15, 0.2) is 0 Å². The van der Waals surface area contributed by atoms with Gasteiger partial charge in [0.25, 0.3) is 0 Å². The first-order valence-electron chi connectivity index (χ1n) is 6.47. The Morgan fingerprint density at radius 1 is 1.22 bits per heavy atom. The van der Waals surface area contributed by atoms with E-state index in [1.807, 2.05) is 17.9 Å². The van der Waals surface area contributed by atoms with E-state index in [1.165, 1.54) is 16.8 Å². The molecule has 1 aromatic heterocycles. The molecule has 18 heavy (non-hydrogen) atoms. The van der Waals surface area contributed by atoms with Crippen molar-refractivity contribution in [1.82, 2.24) is 15.1 Å². The summed E-state index contributed by atoms with van der Waals surface area (Å²) < 4.78 is 1.91. The van der Waals surface area contributed by atoms with E-state index in [4.69, 9.17) is 0 Å². The minimum Gasteiger partial charge on any atom is -0.304 e. The highest BCUT2D eigenvalue weighted by atomic mass is 15.3. The SMILES string of the molecule is CCC(NCc1ccnn1C)c1ccc(C)cc1. The van der Waals surface area contributed by atoms with Gasteiger partial charge in [-0.05, 0) is 25.0 Å². The first kappa shape index (κ1) is 12.8. The summed E-state index contributed by atoms with van der Waals surface area (Å²) in [5.74, 6) is 0. The van der Waals surface area contributed by atoms with Crippen molar-refractivity contribution < 1.29 is 0 Å². The molecule has 0 aliphatic rings. The monoisotopic (exact) mass is 243 g/mol. The van der Waals surface area contributed by atoms with Gasteiger partial charge in [-0.25, -0.2) is 0 Å². The normalized spacial score (nSPS) is 12.6. The van der Waals surface area contributed by atoms with Crippen LogP contribution >= 0.6 is 0 Å². The molecule has 2 aromatic rings. The molecule has 0 radical (unpaired) electrons. The van der Waals surface area contributed by atoms with Crippen LogP contribution in [0.2, 0.25) is 0 Å². The third-order valence-corrected chi connectivity index (χ3v) is 3.34. The van der Waals surface area contributed by atoms with Gasteiger partial charge in [-0.2, -0.15) is 5.10 Å². The summed E-state index contributed by atoms with van der Waals surface area (Å²) in [6.07, 6.45) is 2.92. The fraction of sp³-hybridized carbons (Fsp3) is 0.400. The second kappa shape index (κ2) is 5.83. The van der Waals surface area contributed by atoms with Crippen molar-refractivity contribution >= 4 is 0 Å². The van der Waals surface area contributed by atoms with Gasteiger partial charge < -0.3 is 5.32 Å². The van der Waals surface area contributed by atoms with Crippen molar-refractivity contribution in [1.29, 1.82) is 0 Å². The number of rotatable bonds is 5. The van der Waals surface area contributed by atoms with E-state index in [2.05, 4.69) is 54.6 Å². The Hall–Kier alpha value is -1.61. The second-order valence-electron chi connectivity index (χ2n) is 4.70. The van der Waals surface area contributed by atoms with E-state index in [0.717, 1.165) is 13.0 Å². The number of nitrogens with one attached hydrogen (secondary N) is 1. The Kier molecular flexibility index (Phi) is 4.15. The Morgan fingerprint density at radius 3 is 2.50 bits per heavy atom. The van der Waals surface area contributed by atoms with Gasteiger partial charge in [-0.15, -0.1) is 0 Å². The largest absolute Gasteiger partial charge is 0.304 e. The van der Waals surface area contributed by atoms with Crippen LogP contribution in [-0.2, 0) is 13.6 Å². The molecule has 0 amide bonds. The summed E-state index contributed by atoms with van der Waals surface area (Å²) in [7, 11) is 1.98. The van der Waals surface area contributed by atoms with Gasteiger partial charge >= 0.3 is 0 Å². The summed E-state index contributed by atoms with van der Waals surface area (Å²) in [6.45, 7) is 5.18. The molecule has 2 rings (SSSR count). The third-order valence-electron chi connectivity index (χ3n) is 3.34. The van der Waals surface area contributed by atoms with Gasteiger partial charge in [0.05, 0.1) is 5.69 Å². The number of nitrogens with zero attached hydrogens (tertiary/aromatic N) is 2. The zero-order chi connectivity index (χ0) is 13.0. The fourth-order valence-corrected chi connectivity index (χ4v) is 2.10. The van der Waals surface area contributed by atoms with Crippen LogP contribution < -0.4 is 5.32 Å². The summed E-state index contributed by atoms with van der Waals surface area (Å²) in [5, 5.41) is 7.77. The molecule has 1 heterocycles. The minimum atomic E-state index is 0.403. The van der Waals surface area contributed by atoms with Crippen molar-refractivity contribution in [3.63, 3.8) is 0 Å². The van der Waals surface area contributed by atoms with Crippen LogP contribution in [0, 0.1) is 6.92 Å². The van der Waals surface area contributed by atoms with Crippen molar-refractivity contribution in [3.8, 4) is 0 Å². The highest BCUT2D eigenvalue weighted by Gasteiger charge is 2.09. The highest BCUT2D eigenvalue weighted by Crippen LogP contribution is 2.17. The summed E-state index contributed by atoms with van der Waals surface area (Å²) >= 11 is 0. The Bertz CT molecular complexity index is 485. The number of benzene rings is 1. The molecule has 1 N–H and O–H groups in total. The molecule has 0 saturated carbocycles. The minimum absolute atomic E-state index is 0.403. The van der Waals surface area contributed by atoms with E-state index < -0.39 is 0 Å². The molecular weight excluding hydrogens is 222 g/mol. The molecule has 0 saturated heterocycles. The summed E-state index contributed by atoms with van der Waals surface area (Å²) in [4.78, 5) is 0. The van der Waals surface area contributed by atoms with E-state index in [1.54, 1.807) is 0 Å². The maximum absolute atomic E-state index is 4.18. The molecule has 1 aromatic carbocycles. The van der Waals surface area contributed by atoms with Crippen molar-refractivity contribution in [2.45, 2.75) is 32.9 Å². The zero-order valence-electron chi connectivity index (χ0n) is 11.4. The van der Waals surface area contributed by atoms with Crippen LogP contribution in [0.15, 0.2) is 36.5 Å². The van der Waals surface area contributed by atoms with Gasteiger partial charge in [0.1, 0.15) is 0 Å². The molecule has 0 aliphatic heterocycles. The Labute approximate surface area is 109 Å².